The van der Waals surface area contributed by atoms with Gasteiger partial charge in [-0.15, -0.1) is 0 Å². The number of carbonyl (C=O) groups excluding carboxylic acids is 4. The van der Waals surface area contributed by atoms with Gasteiger partial charge in [0.15, 0.2) is 23.1 Å². The highest BCUT2D eigenvalue weighted by Crippen LogP contribution is 2.49. The highest BCUT2D eigenvalue weighted by Gasteiger charge is 2.25. The highest BCUT2D eigenvalue weighted by atomic mass is 16.5. The van der Waals surface area contributed by atoms with Crippen LogP contribution in [0.3, 0.4) is 0 Å². The average Bonchev–Trinajstić information content (AvgIpc) is 0.748. The lowest BCUT2D eigenvalue weighted by Crippen LogP contribution is -2.02. The summed E-state index contributed by atoms with van der Waals surface area (Å²) in [6.45, 7) is 0. The largest absolute Gasteiger partial charge is 0.496 e. The number of rotatable bonds is 4. The first kappa shape index (κ1) is 77.2. The molecule has 124 heavy (non-hydrogen) atoms. The fourth-order valence-corrected chi connectivity index (χ4v) is 15.4. The maximum absolute atomic E-state index is 14.2. The second-order valence-electron chi connectivity index (χ2n) is 29.4. The number of benzene rings is 18. The van der Waals surface area contributed by atoms with Crippen molar-refractivity contribution >= 4 is 66.2 Å². The molecule has 0 amide bonds. The molecule has 36 bridgehead atoms. The van der Waals surface area contributed by atoms with E-state index in [1.54, 1.807) is 126 Å². The third-order valence-electron chi connectivity index (χ3n) is 21.6. The Kier molecular flexibility index (Phi) is 20.9. The van der Waals surface area contributed by atoms with E-state index in [2.05, 4.69) is 0 Å². The summed E-state index contributed by atoms with van der Waals surface area (Å²) in [5, 5.41) is 6.58. The van der Waals surface area contributed by atoms with E-state index in [0.717, 1.165) is 65.3 Å². The van der Waals surface area contributed by atoms with Crippen molar-refractivity contribution in [2.45, 2.75) is 0 Å². The van der Waals surface area contributed by atoms with Gasteiger partial charge in [-0.05, 0) is 334 Å². The van der Waals surface area contributed by atoms with Gasteiger partial charge in [-0.3, -0.25) is 19.2 Å². The lowest BCUT2D eigenvalue weighted by Gasteiger charge is -2.18. The molecule has 0 atom stereocenters. The summed E-state index contributed by atoms with van der Waals surface area (Å²) < 4.78 is 73.8. The molecule has 42 aliphatic rings. The van der Waals surface area contributed by atoms with E-state index in [9.17, 15) is 19.2 Å². The second-order valence-corrected chi connectivity index (χ2v) is 29.4. The lowest BCUT2D eigenvalue weighted by molar-refractivity contribution is 0.103. The SMILES string of the molecule is COc1ccc2cc3ccc2c1-c1c(OC)ccc2cc(ccc12)C(=O)c1ccc(cc1)Oc1ccc(cc1)Oc1ccc(cc1)Oc1ccc(cc1)Oc1ccc(cc1)C(=O)c1ccc2c(c(OC)ccc2c1)-c1c(OC)ccc2cc(ccc12)C(=O)c1ccc(cc1)Oc1ccc(cc1)Oc1ccc(cc1)Oc1ccc(cc1)Oc1ccc(cc1)C3=O. The summed E-state index contributed by atoms with van der Waals surface area (Å²) >= 11 is 0. The van der Waals surface area contributed by atoms with Crippen LogP contribution in [0, 0.1) is 0 Å². The number of hydrogen-bond acceptors (Lipinski definition) is 16. The zero-order valence-electron chi connectivity index (χ0n) is 67.2. The maximum atomic E-state index is 14.2. The highest BCUT2D eigenvalue weighted by molar-refractivity contribution is 6.18. The van der Waals surface area contributed by atoms with Gasteiger partial charge in [-0.2, -0.15) is 0 Å². The van der Waals surface area contributed by atoms with Crippen molar-refractivity contribution in [3.8, 4) is 137 Å². The van der Waals surface area contributed by atoms with Gasteiger partial charge in [0, 0.05) is 66.8 Å². The molecule has 0 saturated carbocycles. The van der Waals surface area contributed by atoms with Gasteiger partial charge < -0.3 is 56.8 Å². The summed E-state index contributed by atoms with van der Waals surface area (Å²) in [4.78, 5) is 57.0. The van der Waals surface area contributed by atoms with Crippen LogP contribution in [0.4, 0.5) is 0 Å². The standard InChI is InChI=1S/C108H72O16/c1-113-97-57-17-69-61-73-13-53-93(69)101(97)102-94-54-14-74(62-70(94)18-58-98(102)114-2)106(110)66-7-23-78(24-8-66)118-82-31-39-86(40-32-82)122-90-49-51-92(52-50-90)124-88-43-35-84(36-44-88)120-80-27-11-68(12-28-80)108(112)76-16-56-96-72(64-76)20-60-100(116-4)104(96)103-95-55-15-75(63-71(95)19-59-99(103)115-3)107(111)67-9-25-79(26-10-67)119-83-33-41-87(42-34-83)123-91-47-45-89(46-48-91)121-85-37-29-81(30-38-85)117-77-21-5-65(6-22-77)105(73)109/h5-64H,1-4H3. The van der Waals surface area contributed by atoms with Crippen molar-refractivity contribution in [1.29, 1.82) is 0 Å². The molecule has 60 rings (SSSR count). The Bertz CT molecular complexity index is 6280. The quantitative estimate of drug-likeness (QED) is 0.162. The van der Waals surface area contributed by atoms with Crippen LogP contribution in [-0.4, -0.2) is 51.6 Å². The van der Waals surface area contributed by atoms with Crippen molar-refractivity contribution in [2.24, 2.45) is 0 Å². The molecule has 18 aromatic rings. The molecule has 0 aliphatic carbocycles. The van der Waals surface area contributed by atoms with Crippen molar-refractivity contribution in [2.75, 3.05) is 28.4 Å². The average molecular weight is 1630 g/mol. The number of ether oxygens (including phenoxy) is 12. The van der Waals surface area contributed by atoms with Gasteiger partial charge in [0.05, 0.1) is 28.4 Å². The zero-order chi connectivity index (χ0) is 84.3. The van der Waals surface area contributed by atoms with E-state index in [-0.39, 0.29) is 23.1 Å². The fourth-order valence-electron chi connectivity index (χ4n) is 15.4. The van der Waals surface area contributed by atoms with E-state index in [1.807, 2.05) is 267 Å². The number of methoxy groups -OCH3 is 4. The third kappa shape index (κ3) is 16.0. The van der Waals surface area contributed by atoms with Crippen LogP contribution in [0.25, 0.3) is 65.3 Å². The van der Waals surface area contributed by atoms with Crippen LogP contribution in [0.5, 0.6) is 115 Å². The topological polar surface area (TPSA) is 179 Å². The smallest absolute Gasteiger partial charge is 0.193 e. The van der Waals surface area contributed by atoms with Crippen molar-refractivity contribution in [3.63, 3.8) is 0 Å². The van der Waals surface area contributed by atoms with E-state index >= 15 is 0 Å². The van der Waals surface area contributed by atoms with Crippen LogP contribution in [0.1, 0.15) is 63.7 Å². The predicted octanol–water partition coefficient (Wildman–Crippen LogP) is 27.2. The molecule has 0 radical (unpaired) electrons. The number of carbonyl (C=O) groups is 4. The predicted molar refractivity (Wildman–Crippen MR) is 479 cm³/mol. The molecule has 0 N–H and O–H groups in total. The fraction of sp³-hybridized carbons (Fsp3) is 0.0370. The molecule has 16 nitrogen and oxygen atoms in total. The molecular formula is C108H72O16. The van der Waals surface area contributed by atoms with Crippen LogP contribution in [0.2, 0.25) is 0 Å². The van der Waals surface area contributed by atoms with Gasteiger partial charge in [-0.1, -0.05) is 72.8 Å². The van der Waals surface area contributed by atoms with Crippen molar-refractivity contribution < 1.29 is 76.0 Å². The third-order valence-corrected chi connectivity index (χ3v) is 21.6. The Morgan fingerprint density at radius 1 is 0.153 bits per heavy atom. The molecule has 42 aliphatic heterocycles. The molecular weight excluding hydrogens is 1550 g/mol. The first-order valence-corrected chi connectivity index (χ1v) is 39.8. The Labute approximate surface area is 712 Å². The van der Waals surface area contributed by atoms with Crippen LogP contribution < -0.4 is 56.8 Å². The molecule has 0 unspecified atom stereocenters. The minimum Gasteiger partial charge on any atom is -0.496 e. The van der Waals surface area contributed by atoms with Crippen molar-refractivity contribution in [3.05, 3.63) is 408 Å². The molecule has 18 aromatic carbocycles. The van der Waals surface area contributed by atoms with Gasteiger partial charge in [0.2, 0.25) is 0 Å². The minimum atomic E-state index is -0.166. The molecule has 42 heterocycles. The van der Waals surface area contributed by atoms with Gasteiger partial charge in [0.25, 0.3) is 0 Å². The van der Waals surface area contributed by atoms with E-state index in [4.69, 9.17) is 56.8 Å². The molecule has 0 spiro atoms. The van der Waals surface area contributed by atoms with Gasteiger partial charge >= 0.3 is 0 Å². The lowest BCUT2D eigenvalue weighted by atomic mass is 9.90. The first-order valence-electron chi connectivity index (χ1n) is 39.8. The van der Waals surface area contributed by atoms with Gasteiger partial charge in [-0.25, -0.2) is 0 Å². The summed E-state index contributed by atoms with van der Waals surface area (Å²) in [5.41, 5.74) is 7.00. The van der Waals surface area contributed by atoms with Crippen LogP contribution in [-0.2, 0) is 0 Å². The Hall–Kier alpha value is -16.7. The molecule has 16 heteroatoms. The molecule has 0 aromatic heterocycles. The zero-order valence-corrected chi connectivity index (χ0v) is 67.2. The second kappa shape index (κ2) is 33.6. The molecule has 0 fully saturated rings. The first-order chi connectivity index (χ1) is 60.8. The molecule has 600 valence electrons. The van der Waals surface area contributed by atoms with E-state index < -0.39 is 0 Å². The number of ketones is 4. The monoisotopic (exact) mass is 1620 g/mol. The number of hydrogen-bond donors (Lipinski definition) is 0. The summed E-state index contributed by atoms with van der Waals surface area (Å²) in [6.07, 6.45) is 0. The van der Waals surface area contributed by atoms with E-state index in [0.29, 0.717) is 159 Å². The maximum Gasteiger partial charge on any atom is 0.193 e. The Morgan fingerprint density at radius 2 is 0.282 bits per heavy atom. The van der Waals surface area contributed by atoms with E-state index in [1.165, 1.54) is 0 Å². The van der Waals surface area contributed by atoms with Crippen LogP contribution in [0.15, 0.2) is 364 Å². The summed E-state index contributed by atoms with van der Waals surface area (Å²) in [5.74, 6) is 11.0. The van der Waals surface area contributed by atoms with Crippen molar-refractivity contribution in [1.82, 2.24) is 0 Å². The minimum absolute atomic E-state index is 0.166. The molecule has 0 saturated heterocycles. The Balaban J connectivity index is 0.559. The normalized spacial score (nSPS) is 12.3. The Morgan fingerprint density at radius 3 is 0.419 bits per heavy atom. The summed E-state index contributed by atoms with van der Waals surface area (Å²) in [7, 11) is 6.49. The summed E-state index contributed by atoms with van der Waals surface area (Å²) in [6, 6.07) is 109. The van der Waals surface area contributed by atoms with Gasteiger partial charge in [0.1, 0.15) is 115 Å². The van der Waals surface area contributed by atoms with Crippen LogP contribution >= 0.6 is 0 Å².